The molecule has 0 amide bonds. The van der Waals surface area contributed by atoms with E-state index >= 15 is 0 Å². The predicted octanol–water partition coefficient (Wildman–Crippen LogP) is 2.04. The molecule has 1 aliphatic rings. The standard InChI is InChI=1S/C12H10N4OS/c17-10-9-4-2-6-14-11(9)18-12(16-10)15-8-3-1-5-13-7-8/h1-7,10,17H,(H,15,16). The number of fused-ring (bicyclic) bond motifs is 1. The van der Waals surface area contributed by atoms with E-state index in [-0.39, 0.29) is 0 Å². The topological polar surface area (TPSA) is 70.4 Å². The van der Waals surface area contributed by atoms with Gasteiger partial charge in [0.1, 0.15) is 5.03 Å². The van der Waals surface area contributed by atoms with Crippen molar-refractivity contribution < 1.29 is 5.11 Å². The van der Waals surface area contributed by atoms with Crippen LogP contribution in [0, 0.1) is 0 Å². The number of aromatic nitrogens is 2. The molecule has 1 aliphatic heterocycles. The third-order valence-corrected chi connectivity index (χ3v) is 3.36. The molecule has 6 heteroatoms. The van der Waals surface area contributed by atoms with E-state index in [1.807, 2.05) is 18.2 Å². The number of hydrogen-bond donors (Lipinski definition) is 2. The fraction of sp³-hybridized carbons (Fsp3) is 0.0833. The van der Waals surface area contributed by atoms with Gasteiger partial charge in [-0.2, -0.15) is 0 Å². The van der Waals surface area contributed by atoms with Crippen molar-refractivity contribution in [2.75, 3.05) is 5.32 Å². The summed E-state index contributed by atoms with van der Waals surface area (Å²) < 4.78 is 0. The van der Waals surface area contributed by atoms with Gasteiger partial charge in [0.2, 0.25) is 0 Å². The molecule has 0 fully saturated rings. The van der Waals surface area contributed by atoms with E-state index in [0.29, 0.717) is 5.17 Å². The minimum Gasteiger partial charge on any atom is -0.368 e. The Balaban J connectivity index is 1.84. The maximum atomic E-state index is 9.91. The molecule has 2 aromatic heterocycles. The lowest BCUT2D eigenvalue weighted by Crippen LogP contribution is -2.15. The SMILES string of the molecule is OC1N=C(Nc2cccnc2)Sc2ncccc21. The van der Waals surface area contributed by atoms with Gasteiger partial charge < -0.3 is 10.4 Å². The van der Waals surface area contributed by atoms with Crippen molar-refractivity contribution in [1.82, 2.24) is 9.97 Å². The maximum Gasteiger partial charge on any atom is 0.176 e. The van der Waals surface area contributed by atoms with Gasteiger partial charge in [0.25, 0.3) is 0 Å². The molecule has 3 heterocycles. The monoisotopic (exact) mass is 258 g/mol. The van der Waals surface area contributed by atoms with Crippen LogP contribution < -0.4 is 5.32 Å². The smallest absolute Gasteiger partial charge is 0.176 e. The first kappa shape index (κ1) is 11.2. The van der Waals surface area contributed by atoms with E-state index in [2.05, 4.69) is 20.3 Å². The number of aliphatic hydroxyl groups excluding tert-OH is 1. The summed E-state index contributed by atoms with van der Waals surface area (Å²) in [7, 11) is 0. The van der Waals surface area contributed by atoms with Gasteiger partial charge in [0.15, 0.2) is 11.4 Å². The Kier molecular flexibility index (Phi) is 2.95. The quantitative estimate of drug-likeness (QED) is 0.819. The molecule has 2 N–H and O–H groups in total. The number of aliphatic imine (C=N–C) groups is 1. The van der Waals surface area contributed by atoms with Crippen LogP contribution in [-0.2, 0) is 0 Å². The minimum absolute atomic E-state index is 0.613. The van der Waals surface area contributed by atoms with Gasteiger partial charge in [0, 0.05) is 18.0 Å². The summed E-state index contributed by atoms with van der Waals surface area (Å²) in [5.41, 5.74) is 1.56. The summed E-state index contributed by atoms with van der Waals surface area (Å²) in [5, 5.41) is 14.4. The van der Waals surface area contributed by atoms with Gasteiger partial charge in [0.05, 0.1) is 11.9 Å². The molecule has 3 rings (SSSR count). The Labute approximate surface area is 108 Å². The number of nitrogens with zero attached hydrogens (tertiary/aromatic N) is 3. The third kappa shape index (κ3) is 2.20. The van der Waals surface area contributed by atoms with Gasteiger partial charge in [-0.15, -0.1) is 0 Å². The van der Waals surface area contributed by atoms with E-state index in [1.165, 1.54) is 11.8 Å². The van der Waals surface area contributed by atoms with E-state index in [9.17, 15) is 5.11 Å². The third-order valence-electron chi connectivity index (χ3n) is 2.42. The lowest BCUT2D eigenvalue weighted by atomic mass is 10.2. The largest absolute Gasteiger partial charge is 0.368 e. The number of thioether (sulfide) groups is 1. The molecule has 0 bridgehead atoms. The lowest BCUT2D eigenvalue weighted by Gasteiger charge is -2.19. The second-order valence-corrected chi connectivity index (χ2v) is 4.65. The molecular formula is C12H10N4OS. The average molecular weight is 258 g/mol. The van der Waals surface area contributed by atoms with Crippen LogP contribution >= 0.6 is 11.8 Å². The zero-order valence-corrected chi connectivity index (χ0v) is 10.1. The first-order valence-corrected chi connectivity index (χ1v) is 6.20. The van der Waals surface area contributed by atoms with Gasteiger partial charge in [-0.3, -0.25) is 4.98 Å². The van der Waals surface area contributed by atoms with Crippen molar-refractivity contribution in [3.8, 4) is 0 Å². The first-order chi connectivity index (χ1) is 8.83. The zero-order valence-electron chi connectivity index (χ0n) is 9.32. The van der Waals surface area contributed by atoms with E-state index < -0.39 is 6.23 Å². The molecule has 0 aromatic carbocycles. The van der Waals surface area contributed by atoms with Crippen LogP contribution in [0.15, 0.2) is 52.9 Å². The minimum atomic E-state index is -0.867. The van der Waals surface area contributed by atoms with Crippen LogP contribution in [0.1, 0.15) is 11.8 Å². The van der Waals surface area contributed by atoms with Crippen molar-refractivity contribution >= 4 is 22.6 Å². The predicted molar refractivity (Wildman–Crippen MR) is 70.3 cm³/mol. The molecule has 0 saturated heterocycles. The number of aliphatic hydroxyl groups is 1. The van der Waals surface area contributed by atoms with E-state index in [1.54, 1.807) is 24.7 Å². The normalized spacial score (nSPS) is 17.8. The van der Waals surface area contributed by atoms with Gasteiger partial charge in [-0.1, -0.05) is 6.07 Å². The van der Waals surface area contributed by atoms with Crippen LogP contribution in [0.5, 0.6) is 0 Å². The highest BCUT2D eigenvalue weighted by Crippen LogP contribution is 2.32. The molecule has 2 aromatic rings. The molecule has 0 spiro atoms. The van der Waals surface area contributed by atoms with Gasteiger partial charge in [-0.25, -0.2) is 9.98 Å². The van der Waals surface area contributed by atoms with E-state index in [0.717, 1.165) is 16.3 Å². The second-order valence-electron chi connectivity index (χ2n) is 3.67. The summed E-state index contributed by atoms with van der Waals surface area (Å²) in [6, 6.07) is 7.33. The molecule has 1 unspecified atom stereocenters. The van der Waals surface area contributed by atoms with Crippen LogP contribution in [0.4, 0.5) is 5.69 Å². The van der Waals surface area contributed by atoms with Gasteiger partial charge in [-0.05, 0) is 30.0 Å². The van der Waals surface area contributed by atoms with Crippen molar-refractivity contribution in [3.05, 3.63) is 48.4 Å². The Morgan fingerprint density at radius 3 is 2.94 bits per heavy atom. The van der Waals surface area contributed by atoms with E-state index in [4.69, 9.17) is 0 Å². The number of amidine groups is 1. The molecule has 18 heavy (non-hydrogen) atoms. The van der Waals surface area contributed by atoms with Crippen molar-refractivity contribution in [2.45, 2.75) is 11.3 Å². The fourth-order valence-electron chi connectivity index (χ4n) is 1.60. The molecule has 0 aliphatic carbocycles. The summed E-state index contributed by atoms with van der Waals surface area (Å²) in [4.78, 5) is 12.4. The number of anilines is 1. The Morgan fingerprint density at radius 1 is 1.22 bits per heavy atom. The summed E-state index contributed by atoms with van der Waals surface area (Å²) in [6.07, 6.45) is 4.23. The van der Waals surface area contributed by atoms with Crippen molar-refractivity contribution in [1.29, 1.82) is 0 Å². The van der Waals surface area contributed by atoms with Crippen LogP contribution in [0.2, 0.25) is 0 Å². The highest BCUT2D eigenvalue weighted by atomic mass is 32.2. The summed E-state index contributed by atoms with van der Waals surface area (Å²) in [6.45, 7) is 0. The van der Waals surface area contributed by atoms with Crippen LogP contribution in [-0.4, -0.2) is 20.2 Å². The molecule has 5 nitrogen and oxygen atoms in total. The molecule has 0 radical (unpaired) electrons. The molecule has 0 saturated carbocycles. The van der Waals surface area contributed by atoms with Crippen molar-refractivity contribution in [2.24, 2.45) is 4.99 Å². The maximum absolute atomic E-state index is 9.91. The van der Waals surface area contributed by atoms with Crippen LogP contribution in [0.3, 0.4) is 0 Å². The molecule has 90 valence electrons. The molecule has 1 atom stereocenters. The fourth-order valence-corrected chi connectivity index (χ4v) is 2.51. The Hall–Kier alpha value is -1.92. The second kappa shape index (κ2) is 4.75. The van der Waals surface area contributed by atoms with Gasteiger partial charge >= 0.3 is 0 Å². The summed E-state index contributed by atoms with van der Waals surface area (Å²) >= 11 is 1.40. The van der Waals surface area contributed by atoms with Crippen LogP contribution in [0.25, 0.3) is 0 Å². The molecular weight excluding hydrogens is 248 g/mol. The Morgan fingerprint density at radius 2 is 2.11 bits per heavy atom. The highest BCUT2D eigenvalue weighted by molar-refractivity contribution is 8.14. The number of rotatable bonds is 1. The summed E-state index contributed by atoms with van der Waals surface area (Å²) in [5.74, 6) is 0. The zero-order chi connectivity index (χ0) is 12.4. The number of nitrogens with one attached hydrogen (secondary N) is 1. The highest BCUT2D eigenvalue weighted by Gasteiger charge is 2.21. The number of hydrogen-bond acceptors (Lipinski definition) is 6. The average Bonchev–Trinajstić information content (AvgIpc) is 2.40. The van der Waals surface area contributed by atoms with Crippen molar-refractivity contribution in [3.63, 3.8) is 0 Å². The Bertz CT molecular complexity index is 588. The first-order valence-electron chi connectivity index (χ1n) is 5.38. The number of pyridine rings is 2. The lowest BCUT2D eigenvalue weighted by molar-refractivity contribution is 0.184.